The third-order valence-corrected chi connectivity index (χ3v) is 4.43. The Balaban J connectivity index is 0.00000338. The maximum atomic E-state index is 11.0. The second-order valence-corrected chi connectivity index (χ2v) is 6.88. The van der Waals surface area contributed by atoms with E-state index >= 15 is 0 Å². The van der Waals surface area contributed by atoms with Crippen molar-refractivity contribution < 1.29 is 4.79 Å². The molecule has 0 saturated carbocycles. The lowest BCUT2D eigenvalue weighted by molar-refractivity contribution is -0.114. The van der Waals surface area contributed by atoms with Gasteiger partial charge in [0, 0.05) is 38.6 Å². The largest absolute Gasteiger partial charge is 0.356 e. The molecule has 0 radical (unpaired) electrons. The summed E-state index contributed by atoms with van der Waals surface area (Å²) in [6.45, 7) is 5.04. The summed E-state index contributed by atoms with van der Waals surface area (Å²) >= 11 is 1.66. The Labute approximate surface area is 176 Å². The number of nitrogens with zero attached hydrogens (tertiary/aromatic N) is 3. The monoisotopic (exact) mass is 487 g/mol. The predicted molar refractivity (Wildman–Crippen MR) is 120 cm³/mol. The highest BCUT2D eigenvalue weighted by Gasteiger charge is 2.08. The number of aryl methyl sites for hydroxylation is 1. The van der Waals surface area contributed by atoms with Crippen LogP contribution in [0, 0.1) is 6.92 Å². The molecule has 8 heteroatoms. The molecule has 2 aromatic rings. The Morgan fingerprint density at radius 2 is 2.00 bits per heavy atom. The number of carbonyl (C=O) groups excluding carboxylic acids is 1. The first-order valence-corrected chi connectivity index (χ1v) is 9.05. The lowest BCUT2D eigenvalue weighted by Gasteiger charge is -2.21. The summed E-state index contributed by atoms with van der Waals surface area (Å²) in [5, 5.41) is 9.30. The highest BCUT2D eigenvalue weighted by molar-refractivity contribution is 14.0. The van der Waals surface area contributed by atoms with Gasteiger partial charge in [-0.2, -0.15) is 0 Å². The molecule has 1 aromatic carbocycles. The minimum atomic E-state index is -0.0587. The topological polar surface area (TPSA) is 69.6 Å². The van der Waals surface area contributed by atoms with Crippen LogP contribution in [0.15, 0.2) is 34.6 Å². The predicted octanol–water partition coefficient (Wildman–Crippen LogP) is 3.28. The zero-order valence-corrected chi connectivity index (χ0v) is 18.7. The van der Waals surface area contributed by atoms with E-state index in [1.165, 1.54) is 12.5 Å². The number of aromatic nitrogens is 1. The van der Waals surface area contributed by atoms with E-state index in [2.05, 4.69) is 30.9 Å². The molecule has 0 aliphatic rings. The molecule has 26 heavy (non-hydrogen) atoms. The number of thiazole rings is 1. The molecule has 2 N–H and O–H groups in total. The standard InChI is InChI=1S/C18H25N5OS.HI/c1-13(24)21-16-7-5-15(6-8-16)9-10-20-18(19-3)23(4)11-17-12-25-14(2)22-17;/h5-8,12H,9-11H2,1-4H3,(H,19,20)(H,21,24);1H. The summed E-state index contributed by atoms with van der Waals surface area (Å²) in [5.41, 5.74) is 3.08. The van der Waals surface area contributed by atoms with E-state index < -0.39 is 0 Å². The zero-order chi connectivity index (χ0) is 18.2. The molecule has 1 amide bonds. The minimum Gasteiger partial charge on any atom is -0.356 e. The fourth-order valence-electron chi connectivity index (χ4n) is 2.46. The van der Waals surface area contributed by atoms with Gasteiger partial charge >= 0.3 is 0 Å². The van der Waals surface area contributed by atoms with Crippen molar-refractivity contribution in [3.05, 3.63) is 45.9 Å². The zero-order valence-electron chi connectivity index (χ0n) is 15.6. The number of hydrogen-bond acceptors (Lipinski definition) is 4. The summed E-state index contributed by atoms with van der Waals surface area (Å²) in [7, 11) is 3.79. The Kier molecular flexibility index (Phi) is 9.57. The fraction of sp³-hybridized carbons (Fsp3) is 0.389. The van der Waals surface area contributed by atoms with Gasteiger partial charge in [0.1, 0.15) is 0 Å². The first-order chi connectivity index (χ1) is 12.0. The lowest BCUT2D eigenvalue weighted by Crippen LogP contribution is -2.39. The van der Waals surface area contributed by atoms with Gasteiger partial charge in [-0.25, -0.2) is 4.98 Å². The molecule has 1 heterocycles. The molecule has 0 spiro atoms. The maximum absolute atomic E-state index is 11.0. The van der Waals surface area contributed by atoms with Crippen LogP contribution in [0.4, 0.5) is 5.69 Å². The van der Waals surface area contributed by atoms with Gasteiger partial charge in [0.05, 0.1) is 17.2 Å². The van der Waals surface area contributed by atoms with Crippen LogP contribution < -0.4 is 10.6 Å². The Morgan fingerprint density at radius 1 is 1.31 bits per heavy atom. The second-order valence-electron chi connectivity index (χ2n) is 5.82. The first kappa shape index (κ1) is 22.4. The van der Waals surface area contributed by atoms with Crippen molar-refractivity contribution in [2.75, 3.05) is 26.0 Å². The van der Waals surface area contributed by atoms with Crippen molar-refractivity contribution in [3.8, 4) is 0 Å². The maximum Gasteiger partial charge on any atom is 0.221 e. The summed E-state index contributed by atoms with van der Waals surface area (Å²) in [6, 6.07) is 7.89. The van der Waals surface area contributed by atoms with E-state index in [9.17, 15) is 4.79 Å². The molecule has 0 atom stereocenters. The number of rotatable bonds is 6. The van der Waals surface area contributed by atoms with Crippen molar-refractivity contribution in [1.82, 2.24) is 15.2 Å². The van der Waals surface area contributed by atoms with Crippen LogP contribution in [-0.2, 0) is 17.8 Å². The quantitative estimate of drug-likeness (QED) is 0.373. The Hall–Kier alpha value is -1.68. The fourth-order valence-corrected chi connectivity index (χ4v) is 3.06. The molecular formula is C18H26IN5OS. The summed E-state index contributed by atoms with van der Waals surface area (Å²) in [4.78, 5) is 21.9. The van der Waals surface area contributed by atoms with E-state index in [1.807, 2.05) is 38.2 Å². The number of aliphatic imine (C=N–C) groups is 1. The van der Waals surface area contributed by atoms with Gasteiger partial charge < -0.3 is 15.5 Å². The van der Waals surface area contributed by atoms with E-state index in [1.54, 1.807) is 18.4 Å². The molecule has 2 rings (SSSR count). The number of carbonyl (C=O) groups is 1. The highest BCUT2D eigenvalue weighted by Crippen LogP contribution is 2.11. The van der Waals surface area contributed by atoms with Crippen molar-refractivity contribution >= 4 is 52.9 Å². The van der Waals surface area contributed by atoms with Crippen LogP contribution in [-0.4, -0.2) is 42.4 Å². The van der Waals surface area contributed by atoms with Crippen molar-refractivity contribution in [2.45, 2.75) is 26.8 Å². The van der Waals surface area contributed by atoms with Crippen molar-refractivity contribution in [1.29, 1.82) is 0 Å². The Bertz CT molecular complexity index is 729. The molecule has 0 aliphatic carbocycles. The number of benzene rings is 1. The number of nitrogens with one attached hydrogen (secondary N) is 2. The molecule has 0 unspecified atom stereocenters. The van der Waals surface area contributed by atoms with Crippen LogP contribution in [0.2, 0.25) is 0 Å². The van der Waals surface area contributed by atoms with Crippen molar-refractivity contribution in [3.63, 3.8) is 0 Å². The third-order valence-electron chi connectivity index (χ3n) is 3.61. The molecule has 142 valence electrons. The third kappa shape index (κ3) is 7.28. The highest BCUT2D eigenvalue weighted by atomic mass is 127. The van der Waals surface area contributed by atoms with E-state index in [-0.39, 0.29) is 29.9 Å². The van der Waals surface area contributed by atoms with Crippen LogP contribution in [0.3, 0.4) is 0 Å². The van der Waals surface area contributed by atoms with Crippen LogP contribution in [0.5, 0.6) is 0 Å². The van der Waals surface area contributed by atoms with Crippen LogP contribution >= 0.6 is 35.3 Å². The van der Waals surface area contributed by atoms with Crippen molar-refractivity contribution in [2.24, 2.45) is 4.99 Å². The van der Waals surface area contributed by atoms with Gasteiger partial charge in [0.15, 0.2) is 5.96 Å². The van der Waals surface area contributed by atoms with Crippen LogP contribution in [0.25, 0.3) is 0 Å². The van der Waals surface area contributed by atoms with Gasteiger partial charge in [0.25, 0.3) is 0 Å². The molecule has 0 saturated heterocycles. The van der Waals surface area contributed by atoms with Gasteiger partial charge in [0.2, 0.25) is 5.91 Å². The van der Waals surface area contributed by atoms with E-state index in [0.29, 0.717) is 0 Å². The van der Waals surface area contributed by atoms with Gasteiger partial charge in [-0.15, -0.1) is 35.3 Å². The van der Waals surface area contributed by atoms with E-state index in [4.69, 9.17) is 0 Å². The smallest absolute Gasteiger partial charge is 0.221 e. The van der Waals surface area contributed by atoms with Gasteiger partial charge in [-0.3, -0.25) is 9.79 Å². The number of anilines is 1. The lowest BCUT2D eigenvalue weighted by atomic mass is 10.1. The molecule has 0 aliphatic heterocycles. The molecule has 0 fully saturated rings. The molecular weight excluding hydrogens is 461 g/mol. The average Bonchev–Trinajstić information content (AvgIpc) is 2.97. The number of hydrogen-bond donors (Lipinski definition) is 2. The second kappa shape index (κ2) is 11.1. The first-order valence-electron chi connectivity index (χ1n) is 8.17. The summed E-state index contributed by atoms with van der Waals surface area (Å²) in [6.07, 6.45) is 0.878. The molecule has 0 bridgehead atoms. The SMILES string of the molecule is CN=C(NCCc1ccc(NC(C)=O)cc1)N(C)Cc1csc(C)n1.I. The summed E-state index contributed by atoms with van der Waals surface area (Å²) in [5.74, 6) is 0.789. The normalized spacial score (nSPS) is 10.8. The van der Waals surface area contributed by atoms with Gasteiger partial charge in [-0.1, -0.05) is 12.1 Å². The number of amides is 1. The Morgan fingerprint density at radius 3 is 2.54 bits per heavy atom. The number of halogens is 1. The van der Waals surface area contributed by atoms with Gasteiger partial charge in [-0.05, 0) is 31.0 Å². The number of guanidine groups is 1. The summed E-state index contributed by atoms with van der Waals surface area (Å²) < 4.78 is 0. The van der Waals surface area contributed by atoms with Crippen LogP contribution in [0.1, 0.15) is 23.2 Å². The minimum absolute atomic E-state index is 0. The molecule has 6 nitrogen and oxygen atoms in total. The van der Waals surface area contributed by atoms with E-state index in [0.717, 1.165) is 41.9 Å². The average molecular weight is 487 g/mol. The molecule has 1 aromatic heterocycles.